The molecule has 9 nitrogen and oxygen atoms in total. The number of aliphatic hydroxyl groups is 1. The molecule has 7 aliphatic rings. The first-order valence-electron chi connectivity index (χ1n) is 13.7. The van der Waals surface area contributed by atoms with Crippen LogP contribution in [0.25, 0.3) is 0 Å². The van der Waals surface area contributed by atoms with E-state index in [0.717, 1.165) is 25.9 Å². The third-order valence-corrected chi connectivity index (χ3v) is 12.2. The van der Waals surface area contributed by atoms with E-state index in [2.05, 4.69) is 18.7 Å². The number of hydrogen-bond acceptors (Lipinski definition) is 9. The predicted octanol–water partition coefficient (Wildman–Crippen LogP) is 1.35. The van der Waals surface area contributed by atoms with Gasteiger partial charge in [-0.25, -0.2) is 0 Å². The highest BCUT2D eigenvalue weighted by atomic mass is 16.7. The fourth-order valence-corrected chi connectivity index (χ4v) is 11.7. The van der Waals surface area contributed by atoms with Gasteiger partial charge in [-0.3, -0.25) is 9.69 Å². The van der Waals surface area contributed by atoms with E-state index in [9.17, 15) is 9.90 Å². The lowest BCUT2D eigenvalue weighted by Crippen LogP contribution is -2.85. The van der Waals surface area contributed by atoms with E-state index >= 15 is 0 Å². The minimum Gasteiger partial charge on any atom is -0.459 e. The number of nitrogens with zero attached hydrogens (tertiary/aromatic N) is 1. The zero-order valence-corrected chi connectivity index (χ0v) is 22.3. The molecular weight excluding hydrogens is 466 g/mol. The predicted molar refractivity (Wildman–Crippen MR) is 126 cm³/mol. The van der Waals surface area contributed by atoms with Crippen molar-refractivity contribution >= 4 is 5.97 Å². The molecule has 1 N–H and O–H groups in total. The Balaban J connectivity index is 1.61. The maximum atomic E-state index is 13.4. The summed E-state index contributed by atoms with van der Waals surface area (Å²) in [6.07, 6.45) is 1.69. The topological polar surface area (TPSA) is 95.9 Å². The summed E-state index contributed by atoms with van der Waals surface area (Å²) in [5, 5.41) is 13.4. The lowest BCUT2D eigenvalue weighted by atomic mass is 9.41. The average Bonchev–Trinajstić information content (AvgIpc) is 3.40. The molecule has 7 bridgehead atoms. The molecule has 5 saturated carbocycles. The smallest absolute Gasteiger partial charge is 0.303 e. The number of carbonyl (C=O) groups is 1. The number of likely N-dealkylation sites (tertiary alicyclic amines) is 1. The van der Waals surface area contributed by atoms with Crippen molar-refractivity contribution in [3.63, 3.8) is 0 Å². The van der Waals surface area contributed by atoms with Crippen molar-refractivity contribution in [3.8, 4) is 0 Å². The van der Waals surface area contributed by atoms with Crippen LogP contribution in [0.2, 0.25) is 0 Å². The number of hydrogen-bond donors (Lipinski definition) is 1. The van der Waals surface area contributed by atoms with Crippen LogP contribution in [-0.2, 0) is 33.2 Å². The van der Waals surface area contributed by atoms with Gasteiger partial charge in [0.15, 0.2) is 5.60 Å². The molecule has 6 unspecified atom stereocenters. The van der Waals surface area contributed by atoms with Gasteiger partial charge < -0.3 is 33.5 Å². The normalized spacial score (nSPS) is 60.2. The number of methoxy groups -OCH3 is 3. The molecule has 9 heteroatoms. The standard InChI is InChI=1S/C27H41NO8/c1-7-28-12-23(3)9-8-17(32-5)26-20(23)21(36-14(2)29)27(22(26)28)25(34-13-35-27)11-16(31-4)15-10-24(26,30)19(25)18(15)33-6/h15-22,30H,7-13H2,1-6H3/t15-,16+,17?,18?,19?,20-,21+,22?,23+,24+,25-,26?,27?/m1/s1. The Morgan fingerprint density at radius 1 is 1.11 bits per heavy atom. The summed E-state index contributed by atoms with van der Waals surface area (Å²) in [6, 6.07) is -0.224. The molecule has 0 aromatic rings. The molecule has 7 fully saturated rings. The summed E-state index contributed by atoms with van der Waals surface area (Å²) in [7, 11) is 5.23. The molecule has 3 spiro atoms. The lowest BCUT2D eigenvalue weighted by molar-refractivity contribution is -0.332. The van der Waals surface area contributed by atoms with Crippen LogP contribution in [0.1, 0.15) is 46.5 Å². The van der Waals surface area contributed by atoms with Crippen molar-refractivity contribution in [2.75, 3.05) is 41.2 Å². The molecule has 202 valence electrons. The summed E-state index contributed by atoms with van der Waals surface area (Å²) in [5.41, 5.74) is -3.94. The maximum absolute atomic E-state index is 13.4. The van der Waals surface area contributed by atoms with Crippen LogP contribution in [0.5, 0.6) is 0 Å². The van der Waals surface area contributed by atoms with Crippen LogP contribution >= 0.6 is 0 Å². The second-order valence-electron chi connectivity index (χ2n) is 12.9. The first kappa shape index (κ1) is 24.2. The van der Waals surface area contributed by atoms with E-state index in [0.29, 0.717) is 12.8 Å². The van der Waals surface area contributed by atoms with Crippen LogP contribution in [-0.4, -0.2) is 104 Å². The summed E-state index contributed by atoms with van der Waals surface area (Å²) in [4.78, 5) is 15.3. The molecule has 2 saturated heterocycles. The Morgan fingerprint density at radius 2 is 1.89 bits per heavy atom. The molecule has 13 atom stereocenters. The molecule has 0 aromatic carbocycles. The molecule has 2 aliphatic heterocycles. The van der Waals surface area contributed by atoms with Crippen molar-refractivity contribution in [1.29, 1.82) is 0 Å². The van der Waals surface area contributed by atoms with Gasteiger partial charge in [0, 0.05) is 59.0 Å². The van der Waals surface area contributed by atoms with Crippen molar-refractivity contribution in [2.24, 2.45) is 28.6 Å². The fraction of sp³-hybridized carbons (Fsp3) is 0.963. The summed E-state index contributed by atoms with van der Waals surface area (Å²) < 4.78 is 38.7. The van der Waals surface area contributed by atoms with E-state index in [1.54, 1.807) is 21.3 Å². The largest absolute Gasteiger partial charge is 0.459 e. The quantitative estimate of drug-likeness (QED) is 0.553. The molecular formula is C27H41NO8. The van der Waals surface area contributed by atoms with E-state index in [1.807, 2.05) is 0 Å². The van der Waals surface area contributed by atoms with Gasteiger partial charge in [0.05, 0.1) is 35.4 Å². The Morgan fingerprint density at radius 3 is 2.53 bits per heavy atom. The summed E-state index contributed by atoms with van der Waals surface area (Å²) in [6.45, 7) is 7.72. The molecule has 7 rings (SSSR count). The van der Waals surface area contributed by atoms with Crippen LogP contribution in [0.3, 0.4) is 0 Å². The van der Waals surface area contributed by atoms with Crippen LogP contribution in [0, 0.1) is 28.6 Å². The lowest BCUT2D eigenvalue weighted by Gasteiger charge is -2.71. The van der Waals surface area contributed by atoms with Crippen molar-refractivity contribution in [3.05, 3.63) is 0 Å². The van der Waals surface area contributed by atoms with Crippen molar-refractivity contribution in [1.82, 2.24) is 4.90 Å². The zero-order valence-electron chi connectivity index (χ0n) is 22.3. The van der Waals surface area contributed by atoms with Crippen molar-refractivity contribution in [2.45, 2.75) is 93.7 Å². The van der Waals surface area contributed by atoms with E-state index in [1.165, 1.54) is 6.92 Å². The minimum absolute atomic E-state index is 0.0317. The number of ether oxygens (including phenoxy) is 6. The maximum Gasteiger partial charge on any atom is 0.303 e. The molecule has 0 radical (unpaired) electrons. The molecule has 36 heavy (non-hydrogen) atoms. The molecule has 5 aliphatic carbocycles. The van der Waals surface area contributed by atoms with Gasteiger partial charge in [0.1, 0.15) is 18.5 Å². The third-order valence-electron chi connectivity index (χ3n) is 12.2. The number of rotatable bonds is 5. The number of piperidine rings is 1. The SMILES string of the molecule is CCN1C[C@]2(C)CCC(OC)C34C1C1(OCO[C@@]15C[C@H](OC)[C@H]1C[C@]3(O)C5C1OC)[C@@H](OC(C)=O)[C@@H]42. The van der Waals surface area contributed by atoms with Gasteiger partial charge in [-0.1, -0.05) is 13.8 Å². The summed E-state index contributed by atoms with van der Waals surface area (Å²) >= 11 is 0. The van der Waals surface area contributed by atoms with Gasteiger partial charge in [-0.2, -0.15) is 0 Å². The number of esters is 1. The van der Waals surface area contributed by atoms with Gasteiger partial charge in [0.2, 0.25) is 0 Å². The number of carbonyl (C=O) groups excluding carboxylic acids is 1. The van der Waals surface area contributed by atoms with Gasteiger partial charge in [-0.05, 0) is 31.2 Å². The van der Waals surface area contributed by atoms with Gasteiger partial charge in [-0.15, -0.1) is 0 Å². The van der Waals surface area contributed by atoms with Crippen LogP contribution in [0.15, 0.2) is 0 Å². The third kappa shape index (κ3) is 2.16. The second kappa shape index (κ2) is 7.23. The zero-order chi connectivity index (χ0) is 25.5. The van der Waals surface area contributed by atoms with E-state index in [-0.39, 0.29) is 60.3 Å². The van der Waals surface area contributed by atoms with Gasteiger partial charge in [0.25, 0.3) is 0 Å². The van der Waals surface area contributed by atoms with Crippen LogP contribution < -0.4 is 0 Å². The summed E-state index contributed by atoms with van der Waals surface area (Å²) in [5.74, 6) is -0.771. The first-order chi connectivity index (χ1) is 17.2. The first-order valence-corrected chi connectivity index (χ1v) is 13.7. The highest BCUT2D eigenvalue weighted by molar-refractivity contribution is 5.67. The van der Waals surface area contributed by atoms with E-state index < -0.39 is 28.3 Å². The fourth-order valence-electron chi connectivity index (χ4n) is 11.7. The molecule has 0 amide bonds. The van der Waals surface area contributed by atoms with Gasteiger partial charge >= 0.3 is 5.97 Å². The monoisotopic (exact) mass is 507 g/mol. The second-order valence-corrected chi connectivity index (χ2v) is 12.9. The Labute approximate surface area is 213 Å². The Hall–Kier alpha value is -0.810. The number of likely N-dealkylation sites (N-methyl/N-ethyl adjacent to an activating group) is 1. The average molecular weight is 508 g/mol. The number of fused-ring (bicyclic) bond motifs is 1. The Bertz CT molecular complexity index is 979. The van der Waals surface area contributed by atoms with Crippen molar-refractivity contribution < 1.29 is 38.3 Å². The minimum atomic E-state index is -1.16. The molecule has 2 heterocycles. The van der Waals surface area contributed by atoms with Crippen LogP contribution in [0.4, 0.5) is 0 Å². The van der Waals surface area contributed by atoms with E-state index in [4.69, 9.17) is 28.4 Å². The highest BCUT2D eigenvalue weighted by Crippen LogP contribution is 2.83. The highest BCUT2D eigenvalue weighted by Gasteiger charge is 2.97. The Kier molecular flexibility index (Phi) is 4.87. The molecule has 0 aromatic heterocycles.